The first kappa shape index (κ1) is 15.0. The van der Waals surface area contributed by atoms with E-state index < -0.39 is 0 Å². The van der Waals surface area contributed by atoms with Crippen molar-refractivity contribution in [3.63, 3.8) is 0 Å². The molecule has 0 unspecified atom stereocenters. The summed E-state index contributed by atoms with van der Waals surface area (Å²) in [6.45, 7) is 0. The summed E-state index contributed by atoms with van der Waals surface area (Å²) >= 11 is 0. The molecule has 1 aromatic heterocycles. The molecule has 0 atom stereocenters. The second-order valence-corrected chi connectivity index (χ2v) is 6.15. The fourth-order valence-electron chi connectivity index (χ4n) is 2.14. The molecule has 0 aliphatic carbocycles. The predicted molar refractivity (Wildman–Crippen MR) is 102 cm³/mol. The topological polar surface area (TPSA) is 102 Å². The molecule has 3 rings (SSSR count). The molecular formula is C17H18N5P. The Hall–Kier alpha value is -2.91. The number of anilines is 7. The van der Waals surface area contributed by atoms with Gasteiger partial charge >= 0.3 is 0 Å². The summed E-state index contributed by atoms with van der Waals surface area (Å²) in [5.41, 5.74) is 23.2. The highest BCUT2D eigenvalue weighted by Crippen LogP contribution is 2.47. The molecule has 0 radical (unpaired) electrons. The van der Waals surface area contributed by atoms with Crippen LogP contribution in [0.1, 0.15) is 0 Å². The van der Waals surface area contributed by atoms with Gasteiger partial charge in [0.1, 0.15) is 0 Å². The molecule has 2 aromatic carbocycles. The Morgan fingerprint density at radius 3 is 1.35 bits per heavy atom. The third kappa shape index (κ3) is 3.30. The summed E-state index contributed by atoms with van der Waals surface area (Å²) in [5.74, 6) is 0. The minimum Gasteiger partial charge on any atom is -0.395 e. The molecule has 0 amide bonds. The van der Waals surface area contributed by atoms with Crippen molar-refractivity contribution in [2.75, 3.05) is 27.8 Å². The van der Waals surface area contributed by atoms with E-state index in [1.807, 2.05) is 60.7 Å². The standard InChI is InChI=1S/C17H18N5P/c18-13-14(19)16(21-11-7-3-1-4-8-11)23-17(15(13)20)22-12-9-5-2-6-10-12/h1-10,21-22H,18-20H2. The lowest BCUT2D eigenvalue weighted by molar-refractivity contribution is 1.58. The van der Waals surface area contributed by atoms with Gasteiger partial charge in [-0.15, -0.1) is 0 Å². The lowest BCUT2D eigenvalue weighted by Gasteiger charge is -2.17. The molecular weight excluding hydrogens is 305 g/mol. The molecule has 1 heterocycles. The molecule has 0 spiro atoms. The van der Waals surface area contributed by atoms with Gasteiger partial charge in [-0.2, -0.15) is 0 Å². The SMILES string of the molecule is Nc1c(Nc2ccccc2)pc(Nc2ccccc2)c(N)c1N. The van der Waals surface area contributed by atoms with E-state index in [0.717, 1.165) is 30.4 Å². The van der Waals surface area contributed by atoms with Crippen molar-refractivity contribution in [3.8, 4) is 0 Å². The van der Waals surface area contributed by atoms with E-state index in [2.05, 4.69) is 10.6 Å². The molecule has 0 aliphatic heterocycles. The van der Waals surface area contributed by atoms with Gasteiger partial charge in [-0.3, -0.25) is 0 Å². The largest absolute Gasteiger partial charge is 0.395 e. The van der Waals surface area contributed by atoms with E-state index in [-0.39, 0.29) is 0 Å². The maximum Gasteiger partial charge on any atom is 0.0937 e. The zero-order chi connectivity index (χ0) is 16.2. The van der Waals surface area contributed by atoms with Gasteiger partial charge < -0.3 is 27.8 Å². The van der Waals surface area contributed by atoms with Crippen molar-refractivity contribution in [1.82, 2.24) is 0 Å². The third-order valence-corrected chi connectivity index (χ3v) is 4.54. The number of hydrogen-bond donors (Lipinski definition) is 5. The number of nitrogens with one attached hydrogen (secondary N) is 2. The monoisotopic (exact) mass is 323 g/mol. The highest BCUT2D eigenvalue weighted by Gasteiger charge is 2.13. The van der Waals surface area contributed by atoms with Gasteiger partial charge in [-0.05, 0) is 32.5 Å². The van der Waals surface area contributed by atoms with Crippen molar-refractivity contribution in [3.05, 3.63) is 60.7 Å². The zero-order valence-corrected chi connectivity index (χ0v) is 13.3. The fourth-order valence-corrected chi connectivity index (χ4v) is 3.21. The number of nitrogens with two attached hydrogens (primary N) is 3. The third-order valence-electron chi connectivity index (χ3n) is 3.39. The number of rotatable bonds is 4. The van der Waals surface area contributed by atoms with E-state index in [1.54, 1.807) is 0 Å². The van der Waals surface area contributed by atoms with Gasteiger partial charge in [0.05, 0.1) is 27.9 Å². The van der Waals surface area contributed by atoms with Crippen LogP contribution in [0, 0.1) is 0 Å². The van der Waals surface area contributed by atoms with Gasteiger partial charge in [0.25, 0.3) is 0 Å². The Kier molecular flexibility index (Phi) is 4.22. The van der Waals surface area contributed by atoms with E-state index in [0.29, 0.717) is 17.1 Å². The van der Waals surface area contributed by atoms with E-state index >= 15 is 0 Å². The highest BCUT2D eigenvalue weighted by molar-refractivity contribution is 7.39. The first-order valence-corrected chi connectivity index (χ1v) is 8.03. The number of para-hydroxylation sites is 2. The molecule has 116 valence electrons. The van der Waals surface area contributed by atoms with Crippen LogP contribution >= 0.6 is 8.19 Å². The van der Waals surface area contributed by atoms with Gasteiger partial charge in [-0.25, -0.2) is 0 Å². The van der Waals surface area contributed by atoms with Crippen LogP contribution in [0.25, 0.3) is 0 Å². The first-order chi connectivity index (χ1) is 11.1. The quantitative estimate of drug-likeness (QED) is 0.486. The van der Waals surface area contributed by atoms with E-state index in [4.69, 9.17) is 17.2 Å². The van der Waals surface area contributed by atoms with Gasteiger partial charge in [0.2, 0.25) is 0 Å². The Balaban J connectivity index is 1.97. The van der Waals surface area contributed by atoms with Crippen LogP contribution in [0.15, 0.2) is 60.7 Å². The summed E-state index contributed by atoms with van der Waals surface area (Å²) in [7, 11) is 0.848. The summed E-state index contributed by atoms with van der Waals surface area (Å²) in [5, 5.41) is 6.62. The minimum absolute atomic E-state index is 0.389. The number of benzene rings is 2. The van der Waals surface area contributed by atoms with Crippen LogP contribution in [0.5, 0.6) is 0 Å². The average molecular weight is 323 g/mol. The van der Waals surface area contributed by atoms with Crippen LogP contribution in [0.4, 0.5) is 39.3 Å². The molecule has 0 aliphatic rings. The van der Waals surface area contributed by atoms with E-state index in [1.165, 1.54) is 0 Å². The second-order valence-electron chi connectivity index (χ2n) is 5.03. The van der Waals surface area contributed by atoms with Crippen molar-refractivity contribution in [2.24, 2.45) is 0 Å². The van der Waals surface area contributed by atoms with Gasteiger partial charge in [0, 0.05) is 11.4 Å². The summed E-state index contributed by atoms with van der Waals surface area (Å²) in [6, 6.07) is 19.6. The maximum absolute atomic E-state index is 6.12. The van der Waals surface area contributed by atoms with Gasteiger partial charge in [-0.1, -0.05) is 36.4 Å². The van der Waals surface area contributed by atoms with E-state index in [9.17, 15) is 0 Å². The molecule has 0 saturated carbocycles. The lowest BCUT2D eigenvalue weighted by atomic mass is 10.3. The fraction of sp³-hybridized carbons (Fsp3) is 0. The Bertz CT molecular complexity index is 740. The average Bonchev–Trinajstić information content (AvgIpc) is 2.59. The molecule has 0 saturated heterocycles. The van der Waals surface area contributed by atoms with Crippen molar-refractivity contribution >= 4 is 47.5 Å². The number of nitrogen functional groups attached to an aromatic ring is 3. The van der Waals surface area contributed by atoms with Gasteiger partial charge in [0.15, 0.2) is 0 Å². The smallest absolute Gasteiger partial charge is 0.0937 e. The lowest BCUT2D eigenvalue weighted by Crippen LogP contribution is -2.05. The maximum atomic E-state index is 6.12. The summed E-state index contributed by atoms with van der Waals surface area (Å²) in [6.07, 6.45) is 0. The van der Waals surface area contributed by atoms with Crippen LogP contribution in [-0.4, -0.2) is 0 Å². The molecule has 5 nitrogen and oxygen atoms in total. The molecule has 23 heavy (non-hydrogen) atoms. The Morgan fingerprint density at radius 1 is 0.565 bits per heavy atom. The Labute approximate surface area is 136 Å². The molecule has 0 bridgehead atoms. The van der Waals surface area contributed by atoms with Crippen LogP contribution in [-0.2, 0) is 0 Å². The van der Waals surface area contributed by atoms with Crippen molar-refractivity contribution < 1.29 is 0 Å². The van der Waals surface area contributed by atoms with Crippen molar-refractivity contribution in [1.29, 1.82) is 0 Å². The molecule has 0 fully saturated rings. The highest BCUT2D eigenvalue weighted by atomic mass is 31.0. The molecule has 3 aromatic rings. The zero-order valence-electron chi connectivity index (χ0n) is 12.5. The van der Waals surface area contributed by atoms with Crippen LogP contribution in [0.3, 0.4) is 0 Å². The minimum atomic E-state index is 0.389. The van der Waals surface area contributed by atoms with Crippen molar-refractivity contribution in [2.45, 2.75) is 0 Å². The summed E-state index contributed by atoms with van der Waals surface area (Å²) < 4.78 is 0. The Morgan fingerprint density at radius 2 is 0.957 bits per heavy atom. The first-order valence-electron chi connectivity index (χ1n) is 7.13. The normalized spacial score (nSPS) is 10.3. The second kappa shape index (κ2) is 6.46. The number of hydrogen-bond acceptors (Lipinski definition) is 5. The molecule has 8 N–H and O–H groups in total. The predicted octanol–water partition coefficient (Wildman–Crippen LogP) is 4.50. The van der Waals surface area contributed by atoms with Crippen LogP contribution < -0.4 is 27.8 Å². The molecule has 6 heteroatoms. The van der Waals surface area contributed by atoms with Crippen LogP contribution in [0.2, 0.25) is 0 Å². The summed E-state index contributed by atoms with van der Waals surface area (Å²) in [4.78, 5) is 0.